The van der Waals surface area contributed by atoms with Crippen molar-refractivity contribution >= 4 is 0 Å². The summed E-state index contributed by atoms with van der Waals surface area (Å²) in [6.07, 6.45) is 0. The van der Waals surface area contributed by atoms with Crippen LogP contribution >= 0.6 is 0 Å². The van der Waals surface area contributed by atoms with Gasteiger partial charge in [0.15, 0.2) is 0 Å². The third kappa shape index (κ3) is 114. The molecule has 6 N–H and O–H groups in total. The average molecular weight is 144 g/mol. The molecule has 0 radical (unpaired) electrons. The average Bonchev–Trinajstić information content (AvgIpc) is 1.75. The number of hydrogen-bond acceptors (Lipinski definition) is 4. The standard InChI is InChI=1S/2C2H3N.C2H4.2H3N/c2*1-2-3;1-2;;/h2*1H3;1-2H2;2*1H3. The molecule has 0 atom stereocenters. The van der Waals surface area contributed by atoms with E-state index in [-0.39, 0.29) is 12.3 Å². The molecule has 0 amide bonds. The van der Waals surface area contributed by atoms with Gasteiger partial charge in [-0.2, -0.15) is 10.5 Å². The maximum absolute atomic E-state index is 7.32. The Bertz CT molecular complexity index is 74.9. The molecule has 0 rings (SSSR count). The van der Waals surface area contributed by atoms with E-state index in [0.717, 1.165) is 0 Å². The number of hydrogen-bond donors (Lipinski definition) is 2. The SMILES string of the molecule is C=C.CC#N.CC#N.N.N. The lowest BCUT2D eigenvalue weighted by Crippen LogP contribution is -1.10. The molecule has 0 unspecified atom stereocenters. The van der Waals surface area contributed by atoms with Crippen molar-refractivity contribution in [1.29, 1.82) is 10.5 Å². The molecule has 0 aliphatic rings. The van der Waals surface area contributed by atoms with Gasteiger partial charge in [-0.1, -0.05) is 0 Å². The van der Waals surface area contributed by atoms with Crippen molar-refractivity contribution in [1.82, 2.24) is 12.3 Å². The summed E-state index contributed by atoms with van der Waals surface area (Å²) in [4.78, 5) is 0. The Morgan fingerprint density at radius 3 is 0.900 bits per heavy atom. The third-order valence-electron chi connectivity index (χ3n) is 0. The predicted octanol–water partition coefficient (Wildman–Crippen LogP) is 2.19. The van der Waals surface area contributed by atoms with Gasteiger partial charge in [-0.3, -0.25) is 0 Å². The van der Waals surface area contributed by atoms with E-state index in [0.29, 0.717) is 0 Å². The second kappa shape index (κ2) is 822. The van der Waals surface area contributed by atoms with Crippen LogP contribution in [0.2, 0.25) is 0 Å². The summed E-state index contributed by atoms with van der Waals surface area (Å²) >= 11 is 0. The molecule has 0 heterocycles. The van der Waals surface area contributed by atoms with Crippen LogP contribution in [0, 0.1) is 22.7 Å². The van der Waals surface area contributed by atoms with E-state index in [2.05, 4.69) is 13.2 Å². The van der Waals surface area contributed by atoms with Crippen LogP contribution < -0.4 is 12.3 Å². The molecule has 4 heteroatoms. The van der Waals surface area contributed by atoms with E-state index in [1.807, 2.05) is 0 Å². The van der Waals surface area contributed by atoms with Gasteiger partial charge in [-0.25, -0.2) is 0 Å². The van der Waals surface area contributed by atoms with Crippen molar-refractivity contribution < 1.29 is 0 Å². The maximum Gasteiger partial charge on any atom is 0.0587 e. The second-order valence-corrected chi connectivity index (χ2v) is 0.447. The van der Waals surface area contributed by atoms with Crippen molar-refractivity contribution in [3.05, 3.63) is 13.2 Å². The lowest BCUT2D eigenvalue weighted by Gasteiger charge is -1.15. The van der Waals surface area contributed by atoms with Gasteiger partial charge in [-0.05, 0) is 0 Å². The molecule has 0 bridgehead atoms. The van der Waals surface area contributed by atoms with Crippen molar-refractivity contribution in [2.45, 2.75) is 13.8 Å². The molecule has 4 nitrogen and oxygen atoms in total. The van der Waals surface area contributed by atoms with Crippen LogP contribution in [0.1, 0.15) is 13.8 Å². The molecule has 0 aliphatic heterocycles. The van der Waals surface area contributed by atoms with E-state index in [1.165, 1.54) is 13.8 Å². The Balaban J connectivity index is -0.0000000116. The normalized spacial score (nSPS) is 2.00. The molecule has 0 saturated heterocycles. The number of rotatable bonds is 0. The molecular weight excluding hydrogens is 128 g/mol. The highest BCUT2D eigenvalue weighted by atomic mass is 14.2. The van der Waals surface area contributed by atoms with Crippen molar-refractivity contribution in [2.24, 2.45) is 0 Å². The van der Waals surface area contributed by atoms with Crippen LogP contribution in [-0.2, 0) is 0 Å². The van der Waals surface area contributed by atoms with Gasteiger partial charge in [0.1, 0.15) is 0 Å². The topological polar surface area (TPSA) is 118 Å². The minimum Gasteiger partial charge on any atom is -0.344 e. The van der Waals surface area contributed by atoms with Gasteiger partial charge in [0.05, 0.1) is 12.1 Å². The van der Waals surface area contributed by atoms with E-state index < -0.39 is 0 Å². The first-order chi connectivity index (χ1) is 3.83. The van der Waals surface area contributed by atoms with E-state index in [4.69, 9.17) is 10.5 Å². The Labute approximate surface area is 62.9 Å². The van der Waals surface area contributed by atoms with E-state index >= 15 is 0 Å². The Kier molecular flexibility index (Phi) is 3130. The minimum atomic E-state index is 0. The van der Waals surface area contributed by atoms with Gasteiger partial charge >= 0.3 is 0 Å². The highest BCUT2D eigenvalue weighted by Crippen LogP contribution is 1.22. The summed E-state index contributed by atoms with van der Waals surface area (Å²) < 4.78 is 0. The lowest BCUT2D eigenvalue weighted by molar-refractivity contribution is 1.49. The molecule has 0 fully saturated rings. The summed E-state index contributed by atoms with van der Waals surface area (Å²) in [5.74, 6) is 0. The molecule has 0 saturated carbocycles. The van der Waals surface area contributed by atoms with Gasteiger partial charge in [0, 0.05) is 13.8 Å². The van der Waals surface area contributed by atoms with Crippen LogP contribution in [0.25, 0.3) is 0 Å². The zero-order valence-electron chi connectivity index (χ0n) is 6.72. The maximum atomic E-state index is 7.32. The summed E-state index contributed by atoms with van der Waals surface area (Å²) in [5, 5.41) is 14.6. The van der Waals surface area contributed by atoms with Crippen LogP contribution in [0.3, 0.4) is 0 Å². The quantitative estimate of drug-likeness (QED) is 0.506. The van der Waals surface area contributed by atoms with Crippen molar-refractivity contribution in [3.63, 3.8) is 0 Å². The third-order valence-corrected chi connectivity index (χ3v) is 0. The highest BCUT2D eigenvalue weighted by Gasteiger charge is 1.18. The van der Waals surface area contributed by atoms with Crippen LogP contribution in [0.4, 0.5) is 0 Å². The molecule has 0 aliphatic carbocycles. The minimum absolute atomic E-state index is 0. The predicted molar refractivity (Wildman–Crippen MR) is 43.9 cm³/mol. The zero-order chi connectivity index (χ0) is 7.41. The van der Waals surface area contributed by atoms with Crippen molar-refractivity contribution in [3.8, 4) is 12.1 Å². The Hall–Kier alpha value is -1.36. The molecule has 60 valence electrons. The fraction of sp³-hybridized carbons (Fsp3) is 0.333. The van der Waals surface area contributed by atoms with Gasteiger partial charge in [0.2, 0.25) is 0 Å². The first kappa shape index (κ1) is 38.1. The van der Waals surface area contributed by atoms with Crippen LogP contribution in [-0.4, -0.2) is 0 Å². The van der Waals surface area contributed by atoms with Crippen LogP contribution in [0.5, 0.6) is 0 Å². The molecule has 10 heavy (non-hydrogen) atoms. The summed E-state index contributed by atoms with van der Waals surface area (Å²) in [6.45, 7) is 8.86. The van der Waals surface area contributed by atoms with Gasteiger partial charge < -0.3 is 12.3 Å². The fourth-order valence-electron chi connectivity index (χ4n) is 0. The number of nitriles is 2. The lowest BCUT2D eigenvalue weighted by atomic mass is 11.0. The van der Waals surface area contributed by atoms with Crippen molar-refractivity contribution in [2.75, 3.05) is 0 Å². The zero-order valence-corrected chi connectivity index (χ0v) is 6.72. The second-order valence-electron chi connectivity index (χ2n) is 0.447. The summed E-state index contributed by atoms with van der Waals surface area (Å²) in [7, 11) is 0. The summed E-state index contributed by atoms with van der Waals surface area (Å²) in [6, 6.07) is 3.50. The summed E-state index contributed by atoms with van der Waals surface area (Å²) in [5.41, 5.74) is 0. The Morgan fingerprint density at radius 2 is 0.900 bits per heavy atom. The van der Waals surface area contributed by atoms with E-state index in [1.54, 1.807) is 12.1 Å². The Morgan fingerprint density at radius 1 is 0.900 bits per heavy atom. The molecule has 0 aromatic heterocycles. The van der Waals surface area contributed by atoms with Gasteiger partial charge in [0.25, 0.3) is 0 Å². The molecule has 0 aromatic rings. The first-order valence-corrected chi connectivity index (χ1v) is 1.95. The monoisotopic (exact) mass is 144 g/mol. The number of nitrogens with zero attached hydrogens (tertiary/aromatic N) is 2. The smallest absolute Gasteiger partial charge is 0.0587 e. The van der Waals surface area contributed by atoms with Gasteiger partial charge in [-0.15, -0.1) is 13.2 Å². The molecule has 0 spiro atoms. The first-order valence-electron chi connectivity index (χ1n) is 1.95. The highest BCUT2D eigenvalue weighted by molar-refractivity contribution is 4.51. The fourth-order valence-corrected chi connectivity index (χ4v) is 0. The largest absolute Gasteiger partial charge is 0.344 e. The molecular formula is C6H16N4. The van der Waals surface area contributed by atoms with E-state index in [9.17, 15) is 0 Å². The molecule has 0 aromatic carbocycles. The van der Waals surface area contributed by atoms with Crippen LogP contribution in [0.15, 0.2) is 13.2 Å².